The Morgan fingerprint density at radius 3 is 3.14 bits per heavy atom. The fraction of sp³-hybridized carbons (Fsp3) is 0.625. The molecular weight excluding hydrogens is 200 g/mol. The average Bonchev–Trinajstić information content (AvgIpc) is 2.75. The first-order valence-electron chi connectivity index (χ1n) is 4.56. The van der Waals surface area contributed by atoms with E-state index in [0.717, 1.165) is 13.1 Å². The Hall–Kier alpha value is -1.01. The molecule has 2 rings (SSSR count). The second-order valence-electron chi connectivity index (χ2n) is 3.52. The van der Waals surface area contributed by atoms with Gasteiger partial charge in [-0.15, -0.1) is 5.10 Å². The van der Waals surface area contributed by atoms with E-state index in [9.17, 15) is 4.79 Å². The maximum absolute atomic E-state index is 11.7. The van der Waals surface area contributed by atoms with Gasteiger partial charge in [0, 0.05) is 6.54 Å². The zero-order chi connectivity index (χ0) is 9.97. The number of hydrogen-bond donors (Lipinski definition) is 2. The highest BCUT2D eigenvalue weighted by Gasteiger charge is 2.29. The monoisotopic (exact) mass is 212 g/mol. The number of carbonyl (C=O) groups excluding carboxylic acids is 1. The van der Waals surface area contributed by atoms with Crippen molar-refractivity contribution in [2.45, 2.75) is 6.92 Å². The molecule has 0 aromatic carbocycles. The van der Waals surface area contributed by atoms with Gasteiger partial charge in [0.1, 0.15) is 0 Å². The van der Waals surface area contributed by atoms with Gasteiger partial charge in [-0.1, -0.05) is 11.4 Å². The number of amides is 1. The zero-order valence-electron chi connectivity index (χ0n) is 7.86. The third-order valence-corrected chi connectivity index (χ3v) is 2.97. The molecule has 0 aliphatic carbocycles. The van der Waals surface area contributed by atoms with Gasteiger partial charge in [0.2, 0.25) is 5.91 Å². The van der Waals surface area contributed by atoms with Crippen LogP contribution in [0, 0.1) is 11.8 Å². The molecule has 76 valence electrons. The van der Waals surface area contributed by atoms with Crippen molar-refractivity contribution in [3.8, 4) is 0 Å². The lowest BCUT2D eigenvalue weighted by molar-refractivity contribution is -0.120. The summed E-state index contributed by atoms with van der Waals surface area (Å²) >= 11 is 1.23. The van der Waals surface area contributed by atoms with E-state index in [2.05, 4.69) is 27.1 Å². The number of nitrogens with zero attached hydrogens (tertiary/aromatic N) is 2. The van der Waals surface area contributed by atoms with E-state index in [1.54, 1.807) is 5.38 Å². The van der Waals surface area contributed by atoms with Crippen molar-refractivity contribution < 1.29 is 4.79 Å². The molecule has 14 heavy (non-hydrogen) atoms. The molecule has 1 aliphatic rings. The minimum absolute atomic E-state index is 0.0372. The summed E-state index contributed by atoms with van der Waals surface area (Å²) in [5.74, 6) is 1.03. The average molecular weight is 212 g/mol. The molecule has 0 bridgehead atoms. The van der Waals surface area contributed by atoms with E-state index in [1.807, 2.05) is 0 Å². The van der Waals surface area contributed by atoms with Crippen LogP contribution >= 0.6 is 11.5 Å². The molecule has 1 aliphatic heterocycles. The summed E-state index contributed by atoms with van der Waals surface area (Å²) in [7, 11) is 0. The van der Waals surface area contributed by atoms with Crippen LogP contribution in [0.3, 0.4) is 0 Å². The zero-order valence-corrected chi connectivity index (χ0v) is 8.67. The first-order chi connectivity index (χ1) is 6.77. The molecule has 2 atom stereocenters. The van der Waals surface area contributed by atoms with Crippen molar-refractivity contribution in [3.05, 3.63) is 5.38 Å². The first-order valence-corrected chi connectivity index (χ1v) is 5.39. The van der Waals surface area contributed by atoms with Crippen LogP contribution in [-0.4, -0.2) is 28.6 Å². The Kier molecular flexibility index (Phi) is 2.74. The Morgan fingerprint density at radius 1 is 1.71 bits per heavy atom. The molecule has 0 spiro atoms. The van der Waals surface area contributed by atoms with Crippen molar-refractivity contribution in [1.82, 2.24) is 14.9 Å². The van der Waals surface area contributed by atoms with Gasteiger partial charge in [-0.05, 0) is 24.0 Å². The van der Waals surface area contributed by atoms with Crippen LogP contribution in [0.15, 0.2) is 5.38 Å². The second kappa shape index (κ2) is 4.02. The molecule has 5 nitrogen and oxygen atoms in total. The fourth-order valence-electron chi connectivity index (χ4n) is 1.60. The highest BCUT2D eigenvalue weighted by atomic mass is 32.1. The van der Waals surface area contributed by atoms with Crippen molar-refractivity contribution in [2.24, 2.45) is 11.8 Å². The Bertz CT molecular complexity index is 313. The first kappa shape index (κ1) is 9.54. The van der Waals surface area contributed by atoms with Gasteiger partial charge in [0.05, 0.1) is 11.3 Å². The topological polar surface area (TPSA) is 66.9 Å². The Labute approximate surface area is 86.1 Å². The molecule has 2 N–H and O–H groups in total. The maximum atomic E-state index is 11.7. The minimum Gasteiger partial charge on any atom is -0.316 e. The normalized spacial score (nSPS) is 26.4. The molecule has 1 fully saturated rings. The number of rotatable bonds is 2. The van der Waals surface area contributed by atoms with Crippen LogP contribution in [-0.2, 0) is 4.79 Å². The smallest absolute Gasteiger partial charge is 0.230 e. The van der Waals surface area contributed by atoms with E-state index in [1.165, 1.54) is 11.5 Å². The molecule has 1 amide bonds. The highest BCUT2D eigenvalue weighted by molar-refractivity contribution is 7.03. The number of carbonyl (C=O) groups is 1. The second-order valence-corrected chi connectivity index (χ2v) is 4.13. The van der Waals surface area contributed by atoms with Gasteiger partial charge < -0.3 is 10.6 Å². The van der Waals surface area contributed by atoms with Crippen molar-refractivity contribution >= 4 is 23.3 Å². The van der Waals surface area contributed by atoms with E-state index in [0.29, 0.717) is 11.7 Å². The van der Waals surface area contributed by atoms with E-state index in [4.69, 9.17) is 0 Å². The SMILES string of the molecule is CC1CNCC1C(=O)Nc1csnn1. The van der Waals surface area contributed by atoms with Crippen LogP contribution in [0.1, 0.15) is 6.92 Å². The van der Waals surface area contributed by atoms with Crippen LogP contribution in [0.25, 0.3) is 0 Å². The standard InChI is InChI=1S/C8H12N4OS/c1-5-2-9-3-6(5)8(13)10-7-4-14-12-11-7/h4-6,9H,2-3H2,1H3,(H,10,13). The predicted octanol–water partition coefficient (Wildman–Crippen LogP) is 0.332. The van der Waals surface area contributed by atoms with Crippen molar-refractivity contribution in [1.29, 1.82) is 0 Å². The summed E-state index contributed by atoms with van der Waals surface area (Å²) < 4.78 is 3.68. The Morgan fingerprint density at radius 2 is 2.57 bits per heavy atom. The molecule has 1 saturated heterocycles. The number of aromatic nitrogens is 2. The number of hydrogen-bond acceptors (Lipinski definition) is 5. The summed E-state index contributed by atoms with van der Waals surface area (Å²) in [5, 5.41) is 11.4. The summed E-state index contributed by atoms with van der Waals surface area (Å²) in [6.07, 6.45) is 0. The predicted molar refractivity (Wildman–Crippen MR) is 54.1 cm³/mol. The molecule has 1 aromatic rings. The van der Waals surface area contributed by atoms with Gasteiger partial charge >= 0.3 is 0 Å². The third kappa shape index (κ3) is 1.91. The Balaban J connectivity index is 1.95. The third-order valence-electron chi connectivity index (χ3n) is 2.47. The summed E-state index contributed by atoms with van der Waals surface area (Å²) in [6.45, 7) is 3.74. The maximum Gasteiger partial charge on any atom is 0.230 e. The summed E-state index contributed by atoms with van der Waals surface area (Å²) in [4.78, 5) is 11.7. The van der Waals surface area contributed by atoms with E-state index < -0.39 is 0 Å². The molecular formula is C8H12N4OS. The lowest BCUT2D eigenvalue weighted by Crippen LogP contribution is -2.27. The van der Waals surface area contributed by atoms with Gasteiger partial charge in [-0.2, -0.15) is 0 Å². The highest BCUT2D eigenvalue weighted by Crippen LogP contribution is 2.17. The van der Waals surface area contributed by atoms with E-state index in [-0.39, 0.29) is 11.8 Å². The lowest BCUT2D eigenvalue weighted by Gasteiger charge is -2.12. The van der Waals surface area contributed by atoms with E-state index >= 15 is 0 Å². The molecule has 6 heteroatoms. The minimum atomic E-state index is 0.0372. The van der Waals surface area contributed by atoms with Crippen molar-refractivity contribution in [2.75, 3.05) is 18.4 Å². The fourth-order valence-corrected chi connectivity index (χ4v) is 1.99. The molecule has 0 radical (unpaired) electrons. The van der Waals surface area contributed by atoms with Crippen molar-refractivity contribution in [3.63, 3.8) is 0 Å². The molecule has 2 heterocycles. The quantitative estimate of drug-likeness (QED) is 0.741. The number of anilines is 1. The van der Waals surface area contributed by atoms with Gasteiger partial charge in [0.25, 0.3) is 0 Å². The lowest BCUT2D eigenvalue weighted by atomic mass is 9.97. The molecule has 1 aromatic heterocycles. The van der Waals surface area contributed by atoms with Gasteiger partial charge in [-0.3, -0.25) is 4.79 Å². The molecule has 0 saturated carbocycles. The van der Waals surface area contributed by atoms with Gasteiger partial charge in [-0.25, -0.2) is 0 Å². The number of nitrogens with one attached hydrogen (secondary N) is 2. The van der Waals surface area contributed by atoms with Gasteiger partial charge in [0.15, 0.2) is 5.82 Å². The van der Waals surface area contributed by atoms with Crippen LogP contribution < -0.4 is 10.6 Å². The molecule has 2 unspecified atom stereocenters. The summed E-state index contributed by atoms with van der Waals surface area (Å²) in [5.41, 5.74) is 0. The largest absolute Gasteiger partial charge is 0.316 e. The van der Waals surface area contributed by atoms with Crippen LogP contribution in [0.2, 0.25) is 0 Å². The van der Waals surface area contributed by atoms with Crippen LogP contribution in [0.5, 0.6) is 0 Å². The summed E-state index contributed by atoms with van der Waals surface area (Å²) in [6, 6.07) is 0. The van der Waals surface area contributed by atoms with Crippen LogP contribution in [0.4, 0.5) is 5.82 Å².